The highest BCUT2D eigenvalue weighted by molar-refractivity contribution is 5.73. The summed E-state index contributed by atoms with van der Waals surface area (Å²) in [5.74, 6) is -2.20. The molecule has 0 radical (unpaired) electrons. The molecular weight excluding hydrogens is 398 g/mol. The predicted octanol–water partition coefficient (Wildman–Crippen LogP) is 0.992. The van der Waals surface area contributed by atoms with Gasteiger partial charge in [0.05, 0.1) is 6.10 Å². The summed E-state index contributed by atoms with van der Waals surface area (Å²) in [5.41, 5.74) is 0. The van der Waals surface area contributed by atoms with E-state index in [-0.39, 0.29) is 12.7 Å². The molecule has 1 heterocycles. The lowest BCUT2D eigenvalue weighted by Gasteiger charge is -2.46. The van der Waals surface area contributed by atoms with Gasteiger partial charge in [0.2, 0.25) is 5.91 Å². The third-order valence-corrected chi connectivity index (χ3v) is 4.95. The van der Waals surface area contributed by atoms with Gasteiger partial charge in [0, 0.05) is 27.7 Å². The highest BCUT2D eigenvalue weighted by Gasteiger charge is 2.51. The van der Waals surface area contributed by atoms with Gasteiger partial charge in [-0.2, -0.15) is 0 Å². The summed E-state index contributed by atoms with van der Waals surface area (Å²) >= 11 is 0. The minimum Gasteiger partial charge on any atom is -0.463 e. The Bertz CT molecular complexity index is 632. The van der Waals surface area contributed by atoms with Crippen LogP contribution >= 0.6 is 0 Å². The van der Waals surface area contributed by atoms with Crippen molar-refractivity contribution in [2.75, 3.05) is 6.61 Å². The lowest BCUT2D eigenvalue weighted by Crippen LogP contribution is -2.67. The number of carbonyl (C=O) groups is 4. The first kappa shape index (κ1) is 24.1. The van der Waals surface area contributed by atoms with Crippen molar-refractivity contribution >= 4 is 23.8 Å². The van der Waals surface area contributed by atoms with Gasteiger partial charge in [-0.3, -0.25) is 19.2 Å². The maximum atomic E-state index is 11.9. The monoisotopic (exact) mass is 429 g/mol. The van der Waals surface area contributed by atoms with Crippen molar-refractivity contribution in [2.24, 2.45) is 0 Å². The van der Waals surface area contributed by atoms with Crippen molar-refractivity contribution in [3.63, 3.8) is 0 Å². The highest BCUT2D eigenvalue weighted by Crippen LogP contribution is 2.31. The third-order valence-electron chi connectivity index (χ3n) is 4.95. The number of carbonyl (C=O) groups excluding carboxylic acids is 4. The third kappa shape index (κ3) is 7.24. The van der Waals surface area contributed by atoms with Gasteiger partial charge in [0.15, 0.2) is 18.5 Å². The van der Waals surface area contributed by atoms with E-state index >= 15 is 0 Å². The summed E-state index contributed by atoms with van der Waals surface area (Å²) in [6.07, 6.45) is 0.643. The SMILES string of the molecule is CC(=O)N[C@H]1[C@H](OC2CCCCC2)O[C@@H](COC(C)=O)[C@@H](OC(C)=O)[C@@H]1OC(C)=O. The Morgan fingerprint density at radius 3 is 2.00 bits per heavy atom. The zero-order valence-electron chi connectivity index (χ0n) is 17.9. The Labute approximate surface area is 175 Å². The number of amides is 1. The van der Waals surface area contributed by atoms with E-state index in [2.05, 4.69) is 5.32 Å². The average Bonchev–Trinajstić information content (AvgIpc) is 2.64. The maximum Gasteiger partial charge on any atom is 0.303 e. The Hall–Kier alpha value is -2.20. The van der Waals surface area contributed by atoms with Crippen molar-refractivity contribution in [1.82, 2.24) is 5.32 Å². The van der Waals surface area contributed by atoms with Crippen LogP contribution in [-0.2, 0) is 42.9 Å². The van der Waals surface area contributed by atoms with E-state index in [0.29, 0.717) is 0 Å². The second kappa shape index (κ2) is 11.3. The largest absolute Gasteiger partial charge is 0.463 e. The number of nitrogens with one attached hydrogen (secondary N) is 1. The molecule has 2 fully saturated rings. The molecule has 0 bridgehead atoms. The maximum absolute atomic E-state index is 11.9. The molecule has 1 amide bonds. The standard InChI is InChI=1S/C20H31NO9/c1-11(22)21-17-19(28-14(4)25)18(27-13(3)24)16(10-26-12(2)23)30-20(17)29-15-8-6-5-7-9-15/h15-20H,5-10H2,1-4H3,(H,21,22)/t16-,17+,18+,19+,20+/m0/s1. The van der Waals surface area contributed by atoms with Crippen LogP contribution in [0.4, 0.5) is 0 Å². The van der Waals surface area contributed by atoms with Crippen molar-refractivity contribution in [1.29, 1.82) is 0 Å². The first-order valence-electron chi connectivity index (χ1n) is 10.2. The number of hydrogen-bond donors (Lipinski definition) is 1. The zero-order chi connectivity index (χ0) is 22.3. The summed E-state index contributed by atoms with van der Waals surface area (Å²) in [6.45, 7) is 4.73. The number of ether oxygens (including phenoxy) is 5. The van der Waals surface area contributed by atoms with Gasteiger partial charge in [-0.05, 0) is 12.8 Å². The van der Waals surface area contributed by atoms with Gasteiger partial charge >= 0.3 is 17.9 Å². The van der Waals surface area contributed by atoms with E-state index in [0.717, 1.165) is 32.1 Å². The Balaban J connectivity index is 2.34. The molecule has 0 aromatic rings. The Morgan fingerprint density at radius 1 is 0.867 bits per heavy atom. The van der Waals surface area contributed by atoms with Gasteiger partial charge in [0.25, 0.3) is 0 Å². The smallest absolute Gasteiger partial charge is 0.303 e. The molecule has 1 aliphatic heterocycles. The normalized spacial score (nSPS) is 29.5. The van der Waals surface area contributed by atoms with E-state index in [1.165, 1.54) is 27.7 Å². The summed E-state index contributed by atoms with van der Waals surface area (Å²) in [7, 11) is 0. The fraction of sp³-hybridized carbons (Fsp3) is 0.800. The van der Waals surface area contributed by atoms with E-state index in [4.69, 9.17) is 23.7 Å². The molecule has 0 spiro atoms. The average molecular weight is 429 g/mol. The van der Waals surface area contributed by atoms with Gasteiger partial charge < -0.3 is 29.0 Å². The molecule has 2 rings (SSSR count). The van der Waals surface area contributed by atoms with Crippen LogP contribution in [0.5, 0.6) is 0 Å². The first-order chi connectivity index (χ1) is 14.2. The van der Waals surface area contributed by atoms with Crippen LogP contribution in [-0.4, -0.2) is 67.2 Å². The number of hydrogen-bond acceptors (Lipinski definition) is 9. The van der Waals surface area contributed by atoms with Gasteiger partial charge in [-0.15, -0.1) is 0 Å². The molecule has 30 heavy (non-hydrogen) atoms. The van der Waals surface area contributed by atoms with Gasteiger partial charge in [-0.1, -0.05) is 19.3 Å². The van der Waals surface area contributed by atoms with E-state index in [1.54, 1.807) is 0 Å². The van der Waals surface area contributed by atoms with Crippen LogP contribution in [0.25, 0.3) is 0 Å². The molecule has 0 aromatic heterocycles. The topological polar surface area (TPSA) is 126 Å². The lowest BCUT2D eigenvalue weighted by molar-refractivity contribution is -0.289. The first-order valence-corrected chi connectivity index (χ1v) is 10.2. The Kier molecular flexibility index (Phi) is 9.04. The molecule has 1 aliphatic carbocycles. The highest BCUT2D eigenvalue weighted by atomic mass is 16.7. The summed E-state index contributed by atoms with van der Waals surface area (Å²) in [6, 6.07) is -0.911. The fourth-order valence-corrected chi connectivity index (χ4v) is 3.80. The molecule has 2 aliphatic rings. The summed E-state index contributed by atoms with van der Waals surface area (Å²) < 4.78 is 28.0. The van der Waals surface area contributed by atoms with E-state index in [1.807, 2.05) is 0 Å². The summed E-state index contributed by atoms with van der Waals surface area (Å²) in [5, 5.41) is 2.70. The minimum atomic E-state index is -1.10. The molecule has 10 heteroatoms. The van der Waals surface area contributed by atoms with Crippen LogP contribution in [0.3, 0.4) is 0 Å². The number of rotatable bonds is 7. The van der Waals surface area contributed by atoms with Crippen LogP contribution < -0.4 is 5.32 Å². The van der Waals surface area contributed by atoms with Crippen molar-refractivity contribution < 1.29 is 42.9 Å². The fourth-order valence-electron chi connectivity index (χ4n) is 3.80. The molecule has 1 saturated heterocycles. The quantitative estimate of drug-likeness (QED) is 0.466. The van der Waals surface area contributed by atoms with Crippen LogP contribution in [0.1, 0.15) is 59.8 Å². The van der Waals surface area contributed by atoms with Crippen LogP contribution in [0.2, 0.25) is 0 Å². The number of esters is 3. The molecule has 0 unspecified atom stereocenters. The van der Waals surface area contributed by atoms with Gasteiger partial charge in [0.1, 0.15) is 18.8 Å². The van der Waals surface area contributed by atoms with Crippen LogP contribution in [0.15, 0.2) is 0 Å². The molecular formula is C20H31NO9. The second-order valence-electron chi connectivity index (χ2n) is 7.62. The van der Waals surface area contributed by atoms with Crippen molar-refractivity contribution in [3.05, 3.63) is 0 Å². The van der Waals surface area contributed by atoms with Crippen molar-refractivity contribution in [3.8, 4) is 0 Å². The van der Waals surface area contributed by atoms with Crippen LogP contribution in [0, 0.1) is 0 Å². The molecule has 1 N–H and O–H groups in total. The van der Waals surface area contributed by atoms with E-state index in [9.17, 15) is 19.2 Å². The van der Waals surface area contributed by atoms with E-state index < -0.39 is 54.5 Å². The molecule has 0 aromatic carbocycles. The second-order valence-corrected chi connectivity index (χ2v) is 7.62. The van der Waals surface area contributed by atoms with Crippen molar-refractivity contribution in [2.45, 2.75) is 96.5 Å². The molecule has 1 saturated carbocycles. The predicted molar refractivity (Wildman–Crippen MR) is 102 cm³/mol. The zero-order valence-corrected chi connectivity index (χ0v) is 17.9. The summed E-state index contributed by atoms with van der Waals surface area (Å²) in [4.78, 5) is 46.7. The minimum absolute atomic E-state index is 0.0855. The Morgan fingerprint density at radius 2 is 1.47 bits per heavy atom. The molecule has 5 atom stereocenters. The van der Waals surface area contributed by atoms with Gasteiger partial charge in [-0.25, -0.2) is 0 Å². The molecule has 170 valence electrons. The lowest BCUT2D eigenvalue weighted by atomic mass is 9.94. The molecule has 10 nitrogen and oxygen atoms in total.